The normalized spacial score (nSPS) is 16.2. The van der Waals surface area contributed by atoms with Crippen LogP contribution in [0.1, 0.15) is 17.5 Å². The second-order valence-corrected chi connectivity index (χ2v) is 4.43. The lowest BCUT2D eigenvalue weighted by Crippen LogP contribution is -2.49. The Morgan fingerprint density at radius 1 is 1.38 bits per heavy atom. The molecule has 1 aromatic rings. The molecule has 0 spiro atoms. The molecule has 0 radical (unpaired) electrons. The third kappa shape index (κ3) is 2.07. The van der Waals surface area contributed by atoms with Crippen molar-refractivity contribution in [3.05, 3.63) is 29.3 Å². The molecule has 1 fully saturated rings. The number of amides is 1. The molecule has 2 rings (SSSR count). The molecule has 0 atom stereocenters. The van der Waals surface area contributed by atoms with Crippen LogP contribution in [0.4, 0.5) is 5.69 Å². The summed E-state index contributed by atoms with van der Waals surface area (Å²) in [5.74, 6) is 0.00557. The molecule has 1 aromatic carbocycles. The van der Waals surface area contributed by atoms with Gasteiger partial charge in [0.25, 0.3) is 0 Å². The molecule has 1 heterocycles. The summed E-state index contributed by atoms with van der Waals surface area (Å²) in [6.07, 6.45) is 0.494. The van der Waals surface area contributed by atoms with Gasteiger partial charge in [-0.25, -0.2) is 0 Å². The van der Waals surface area contributed by atoms with Crippen LogP contribution in [-0.4, -0.2) is 17.6 Å². The van der Waals surface area contributed by atoms with Crippen LogP contribution in [0.15, 0.2) is 18.2 Å². The van der Waals surface area contributed by atoms with Gasteiger partial charge in [-0.2, -0.15) is 0 Å². The number of hydrogen-bond acceptors (Lipinski definition) is 2. The minimum Gasteiger partial charge on any atom is -0.318 e. The summed E-state index contributed by atoms with van der Waals surface area (Å²) in [6, 6.07) is 6.23. The largest absolute Gasteiger partial charge is 0.318 e. The summed E-state index contributed by atoms with van der Waals surface area (Å²) in [4.78, 5) is 13.1. The van der Waals surface area contributed by atoms with Crippen molar-refractivity contribution in [3.8, 4) is 0 Å². The minimum atomic E-state index is 0.00557. The third-order valence-corrected chi connectivity index (χ3v) is 3.02. The van der Waals surface area contributed by atoms with E-state index in [9.17, 15) is 4.79 Å². The van der Waals surface area contributed by atoms with E-state index in [1.807, 2.05) is 4.90 Å². The van der Waals surface area contributed by atoms with Crippen molar-refractivity contribution in [1.82, 2.24) is 5.32 Å². The van der Waals surface area contributed by atoms with Crippen molar-refractivity contribution in [2.45, 2.75) is 20.3 Å². The zero-order valence-corrected chi connectivity index (χ0v) is 10.2. The number of nitrogens with one attached hydrogen (secondary N) is 1. The van der Waals surface area contributed by atoms with E-state index in [1.165, 1.54) is 11.1 Å². The van der Waals surface area contributed by atoms with E-state index in [-0.39, 0.29) is 5.91 Å². The van der Waals surface area contributed by atoms with Gasteiger partial charge in [0, 0.05) is 18.7 Å². The van der Waals surface area contributed by atoms with E-state index in [4.69, 9.17) is 12.2 Å². The van der Waals surface area contributed by atoms with E-state index in [2.05, 4.69) is 37.4 Å². The predicted octanol–water partition coefficient (Wildman–Crippen LogP) is 1.91. The average molecular weight is 234 g/mol. The van der Waals surface area contributed by atoms with E-state index in [0.29, 0.717) is 18.1 Å². The molecular formula is C12H14N2OS. The maximum Gasteiger partial charge on any atom is 0.227 e. The number of aryl methyl sites for hydroxylation is 2. The van der Waals surface area contributed by atoms with Crippen molar-refractivity contribution in [2.24, 2.45) is 0 Å². The predicted molar refractivity (Wildman–Crippen MR) is 68.6 cm³/mol. The van der Waals surface area contributed by atoms with Gasteiger partial charge < -0.3 is 10.2 Å². The first-order valence-electron chi connectivity index (χ1n) is 5.26. The number of hydrogen-bond donors (Lipinski definition) is 1. The van der Waals surface area contributed by atoms with Gasteiger partial charge in [-0.3, -0.25) is 4.79 Å². The van der Waals surface area contributed by atoms with E-state index in [1.54, 1.807) is 0 Å². The molecule has 0 saturated carbocycles. The Kier molecular flexibility index (Phi) is 2.92. The maximum atomic E-state index is 11.2. The quantitative estimate of drug-likeness (QED) is 0.753. The molecule has 1 aliphatic rings. The Morgan fingerprint density at radius 3 is 2.75 bits per heavy atom. The highest BCUT2D eigenvalue weighted by atomic mass is 32.1. The van der Waals surface area contributed by atoms with Crippen LogP contribution in [0, 0.1) is 13.8 Å². The lowest BCUT2D eigenvalue weighted by atomic mass is 10.1. The summed E-state index contributed by atoms with van der Waals surface area (Å²) >= 11 is 5.17. The smallest absolute Gasteiger partial charge is 0.227 e. The van der Waals surface area contributed by atoms with Crippen molar-refractivity contribution in [2.75, 3.05) is 11.4 Å². The van der Waals surface area contributed by atoms with Crippen LogP contribution >= 0.6 is 12.2 Å². The summed E-state index contributed by atoms with van der Waals surface area (Å²) in [6.45, 7) is 4.78. The number of rotatable bonds is 1. The van der Waals surface area contributed by atoms with Crippen LogP contribution in [0.3, 0.4) is 0 Å². The second-order valence-electron chi connectivity index (χ2n) is 4.04. The molecular weight excluding hydrogens is 220 g/mol. The van der Waals surface area contributed by atoms with Crippen LogP contribution in [0.2, 0.25) is 0 Å². The molecule has 3 nitrogen and oxygen atoms in total. The van der Waals surface area contributed by atoms with Gasteiger partial charge in [-0.15, -0.1) is 0 Å². The van der Waals surface area contributed by atoms with Gasteiger partial charge in [0.05, 0.1) is 0 Å². The van der Waals surface area contributed by atoms with Gasteiger partial charge >= 0.3 is 0 Å². The molecule has 1 N–H and O–H groups in total. The molecule has 0 unspecified atom stereocenters. The maximum absolute atomic E-state index is 11.2. The van der Waals surface area contributed by atoms with Crippen molar-refractivity contribution in [3.63, 3.8) is 0 Å². The molecule has 0 bridgehead atoms. The number of nitrogens with zero attached hydrogens (tertiary/aromatic N) is 1. The lowest BCUT2D eigenvalue weighted by molar-refractivity contribution is -0.119. The Balaban J connectivity index is 2.30. The fraction of sp³-hybridized carbons (Fsp3) is 0.333. The molecule has 1 saturated heterocycles. The summed E-state index contributed by atoms with van der Waals surface area (Å²) in [7, 11) is 0. The molecule has 0 aliphatic carbocycles. The van der Waals surface area contributed by atoms with E-state index in [0.717, 1.165) is 5.69 Å². The first-order chi connectivity index (χ1) is 7.58. The van der Waals surface area contributed by atoms with Gasteiger partial charge in [-0.05, 0) is 37.7 Å². The van der Waals surface area contributed by atoms with Gasteiger partial charge in [0.15, 0.2) is 5.11 Å². The zero-order valence-electron chi connectivity index (χ0n) is 9.41. The number of anilines is 1. The Hall–Kier alpha value is -1.42. The van der Waals surface area contributed by atoms with Crippen molar-refractivity contribution < 1.29 is 4.79 Å². The minimum absolute atomic E-state index is 0.00557. The Morgan fingerprint density at radius 2 is 2.12 bits per heavy atom. The second kappa shape index (κ2) is 4.22. The number of carbonyl (C=O) groups excluding carboxylic acids is 1. The molecule has 84 valence electrons. The molecule has 1 aliphatic heterocycles. The first kappa shape index (κ1) is 11.1. The van der Waals surface area contributed by atoms with E-state index >= 15 is 0 Å². The Labute approximate surface area is 100 Å². The van der Waals surface area contributed by atoms with Crippen LogP contribution in [-0.2, 0) is 4.79 Å². The van der Waals surface area contributed by atoms with Crippen LogP contribution in [0.25, 0.3) is 0 Å². The standard InChI is InChI=1S/C12H14N2OS/c1-8-3-4-10(9(2)7-8)14-6-5-11(15)13-12(14)16/h3-4,7H,5-6H2,1-2H3,(H,13,15,16). The van der Waals surface area contributed by atoms with Crippen molar-refractivity contribution >= 4 is 28.9 Å². The number of benzene rings is 1. The van der Waals surface area contributed by atoms with Gasteiger partial charge in [0.2, 0.25) is 5.91 Å². The fourth-order valence-corrected chi connectivity index (χ4v) is 2.21. The molecule has 1 amide bonds. The lowest BCUT2D eigenvalue weighted by Gasteiger charge is -2.30. The SMILES string of the molecule is Cc1ccc(N2CCC(=O)NC2=S)c(C)c1. The highest BCUT2D eigenvalue weighted by Crippen LogP contribution is 2.22. The highest BCUT2D eigenvalue weighted by molar-refractivity contribution is 7.80. The first-order valence-corrected chi connectivity index (χ1v) is 5.67. The van der Waals surface area contributed by atoms with Crippen LogP contribution in [0.5, 0.6) is 0 Å². The molecule has 4 heteroatoms. The number of carbonyl (C=O) groups is 1. The summed E-state index contributed by atoms with van der Waals surface area (Å²) < 4.78 is 0. The van der Waals surface area contributed by atoms with Crippen LogP contribution < -0.4 is 10.2 Å². The third-order valence-electron chi connectivity index (χ3n) is 2.70. The topological polar surface area (TPSA) is 32.3 Å². The zero-order chi connectivity index (χ0) is 11.7. The molecule has 16 heavy (non-hydrogen) atoms. The average Bonchev–Trinajstić information content (AvgIpc) is 2.19. The Bertz CT molecular complexity index is 456. The monoisotopic (exact) mass is 234 g/mol. The number of thiocarbonyl (C=S) groups is 1. The highest BCUT2D eigenvalue weighted by Gasteiger charge is 2.21. The van der Waals surface area contributed by atoms with Crippen molar-refractivity contribution in [1.29, 1.82) is 0 Å². The van der Waals surface area contributed by atoms with Gasteiger partial charge in [0.1, 0.15) is 0 Å². The molecule has 0 aromatic heterocycles. The fourth-order valence-electron chi connectivity index (χ4n) is 1.90. The van der Waals surface area contributed by atoms with E-state index < -0.39 is 0 Å². The van der Waals surface area contributed by atoms with Gasteiger partial charge in [-0.1, -0.05) is 17.7 Å². The summed E-state index contributed by atoms with van der Waals surface area (Å²) in [5, 5.41) is 3.19. The summed E-state index contributed by atoms with van der Waals surface area (Å²) in [5.41, 5.74) is 3.49.